The van der Waals surface area contributed by atoms with Gasteiger partial charge in [-0.15, -0.1) is 0 Å². The van der Waals surface area contributed by atoms with Crippen LogP contribution in [0.1, 0.15) is 64.0 Å². The number of benzene rings is 1. The first-order valence-corrected chi connectivity index (χ1v) is 11.3. The molecular formula is C25H28N4O2S. The SMILES string of the molecule is CCCN1C(=S)N[C@H](c2ccccn2)[C@H]1c1cc(C)n(-c2cc(C(=O)O)ccc2C)c1C. The van der Waals surface area contributed by atoms with Crippen LogP contribution >= 0.6 is 12.2 Å². The molecule has 1 aliphatic heterocycles. The highest BCUT2D eigenvalue weighted by Crippen LogP contribution is 2.41. The molecule has 0 aliphatic carbocycles. The van der Waals surface area contributed by atoms with Gasteiger partial charge in [-0.1, -0.05) is 19.1 Å². The zero-order valence-electron chi connectivity index (χ0n) is 18.8. The molecule has 1 fully saturated rings. The molecule has 3 aromatic rings. The number of rotatable bonds is 6. The predicted molar refractivity (Wildman–Crippen MR) is 129 cm³/mol. The monoisotopic (exact) mass is 448 g/mol. The van der Waals surface area contributed by atoms with Crippen molar-refractivity contribution in [1.82, 2.24) is 19.8 Å². The van der Waals surface area contributed by atoms with E-state index in [1.807, 2.05) is 37.4 Å². The van der Waals surface area contributed by atoms with E-state index in [9.17, 15) is 9.90 Å². The average Bonchev–Trinajstić information content (AvgIpc) is 3.25. The molecule has 3 heterocycles. The maximum absolute atomic E-state index is 11.6. The number of hydrogen-bond acceptors (Lipinski definition) is 3. The Kier molecular flexibility index (Phi) is 6.02. The van der Waals surface area contributed by atoms with Crippen LogP contribution in [-0.2, 0) is 0 Å². The number of carbonyl (C=O) groups is 1. The smallest absolute Gasteiger partial charge is 0.335 e. The summed E-state index contributed by atoms with van der Waals surface area (Å²) in [5, 5.41) is 13.7. The normalized spacial score (nSPS) is 18.1. The minimum atomic E-state index is -0.927. The molecule has 2 aromatic heterocycles. The van der Waals surface area contributed by atoms with E-state index < -0.39 is 5.97 Å². The molecule has 1 aliphatic rings. The van der Waals surface area contributed by atoms with E-state index in [2.05, 4.69) is 46.6 Å². The number of carboxylic acids is 1. The molecule has 0 amide bonds. The summed E-state index contributed by atoms with van der Waals surface area (Å²) in [5.41, 5.74) is 6.43. The van der Waals surface area contributed by atoms with Crippen molar-refractivity contribution in [3.8, 4) is 5.69 Å². The third-order valence-corrected chi connectivity index (χ3v) is 6.50. The molecule has 0 spiro atoms. The van der Waals surface area contributed by atoms with Crippen molar-refractivity contribution >= 4 is 23.3 Å². The highest BCUT2D eigenvalue weighted by atomic mass is 32.1. The highest BCUT2D eigenvalue weighted by Gasteiger charge is 2.41. The van der Waals surface area contributed by atoms with E-state index in [-0.39, 0.29) is 17.6 Å². The summed E-state index contributed by atoms with van der Waals surface area (Å²) < 4.78 is 2.15. The Bertz CT molecular complexity index is 1170. The van der Waals surface area contributed by atoms with Crippen LogP contribution < -0.4 is 5.32 Å². The topological polar surface area (TPSA) is 70.4 Å². The van der Waals surface area contributed by atoms with Gasteiger partial charge in [0.25, 0.3) is 0 Å². The highest BCUT2D eigenvalue weighted by molar-refractivity contribution is 7.80. The number of pyridine rings is 1. The fourth-order valence-corrected chi connectivity index (χ4v) is 5.00. The second-order valence-corrected chi connectivity index (χ2v) is 8.67. The van der Waals surface area contributed by atoms with Crippen LogP contribution in [0.25, 0.3) is 5.69 Å². The molecular weight excluding hydrogens is 420 g/mol. The van der Waals surface area contributed by atoms with Crippen LogP contribution in [-0.4, -0.2) is 37.2 Å². The molecule has 2 N–H and O–H groups in total. The van der Waals surface area contributed by atoms with E-state index in [0.717, 1.165) is 46.4 Å². The average molecular weight is 449 g/mol. The Morgan fingerprint density at radius 2 is 1.97 bits per heavy atom. The van der Waals surface area contributed by atoms with Gasteiger partial charge in [0, 0.05) is 29.8 Å². The van der Waals surface area contributed by atoms with Gasteiger partial charge in [0.05, 0.1) is 23.3 Å². The van der Waals surface area contributed by atoms with Crippen molar-refractivity contribution in [2.24, 2.45) is 0 Å². The third-order valence-electron chi connectivity index (χ3n) is 6.15. The van der Waals surface area contributed by atoms with Crippen molar-refractivity contribution < 1.29 is 9.90 Å². The van der Waals surface area contributed by atoms with Gasteiger partial charge in [0.1, 0.15) is 0 Å². The molecule has 7 heteroatoms. The number of thiocarbonyl (C=S) groups is 1. The Hall–Kier alpha value is -3.19. The number of nitrogens with zero attached hydrogens (tertiary/aromatic N) is 3. The maximum Gasteiger partial charge on any atom is 0.335 e. The molecule has 2 atom stereocenters. The van der Waals surface area contributed by atoms with Crippen LogP contribution in [0.3, 0.4) is 0 Å². The number of aromatic nitrogens is 2. The van der Waals surface area contributed by atoms with Gasteiger partial charge in [0.2, 0.25) is 0 Å². The number of hydrogen-bond donors (Lipinski definition) is 2. The van der Waals surface area contributed by atoms with Crippen LogP contribution in [0.4, 0.5) is 0 Å². The molecule has 6 nitrogen and oxygen atoms in total. The Labute approximate surface area is 193 Å². The molecule has 32 heavy (non-hydrogen) atoms. The summed E-state index contributed by atoms with van der Waals surface area (Å²) in [6, 6.07) is 13.3. The van der Waals surface area contributed by atoms with Gasteiger partial charge < -0.3 is 19.9 Å². The van der Waals surface area contributed by atoms with Gasteiger partial charge in [-0.3, -0.25) is 4.98 Å². The van der Waals surface area contributed by atoms with Crippen LogP contribution in [0.2, 0.25) is 0 Å². The summed E-state index contributed by atoms with van der Waals surface area (Å²) in [5.74, 6) is -0.927. The van der Waals surface area contributed by atoms with Crippen molar-refractivity contribution in [3.05, 3.63) is 82.4 Å². The lowest BCUT2D eigenvalue weighted by molar-refractivity contribution is 0.0697. The van der Waals surface area contributed by atoms with E-state index in [1.54, 1.807) is 12.1 Å². The largest absolute Gasteiger partial charge is 0.478 e. The van der Waals surface area contributed by atoms with Gasteiger partial charge in [-0.25, -0.2) is 4.79 Å². The second-order valence-electron chi connectivity index (χ2n) is 8.29. The first-order chi connectivity index (χ1) is 15.3. The lowest BCUT2D eigenvalue weighted by Gasteiger charge is -2.28. The van der Waals surface area contributed by atoms with Gasteiger partial charge in [0.15, 0.2) is 5.11 Å². The summed E-state index contributed by atoms with van der Waals surface area (Å²) in [4.78, 5) is 18.4. The second kappa shape index (κ2) is 8.74. The van der Waals surface area contributed by atoms with Crippen molar-refractivity contribution in [2.75, 3.05) is 6.54 Å². The quantitative estimate of drug-likeness (QED) is 0.524. The predicted octanol–water partition coefficient (Wildman–Crippen LogP) is 4.88. The van der Waals surface area contributed by atoms with E-state index in [4.69, 9.17) is 12.2 Å². The van der Waals surface area contributed by atoms with E-state index in [1.165, 1.54) is 5.56 Å². The molecule has 166 valence electrons. The number of aryl methyl sites for hydroxylation is 2. The van der Waals surface area contributed by atoms with Crippen molar-refractivity contribution in [1.29, 1.82) is 0 Å². The molecule has 1 saturated heterocycles. The zero-order chi connectivity index (χ0) is 23.0. The molecule has 1 aromatic carbocycles. The van der Waals surface area contributed by atoms with Crippen LogP contribution in [0.15, 0.2) is 48.7 Å². The van der Waals surface area contributed by atoms with Gasteiger partial charge in [-0.05, 0) is 80.9 Å². The first-order valence-electron chi connectivity index (χ1n) is 10.8. The van der Waals surface area contributed by atoms with E-state index >= 15 is 0 Å². The third kappa shape index (κ3) is 3.77. The summed E-state index contributed by atoms with van der Waals surface area (Å²) in [6.07, 6.45) is 2.79. The lowest BCUT2D eigenvalue weighted by Crippen LogP contribution is -2.30. The molecule has 0 radical (unpaired) electrons. The molecule has 4 rings (SSSR count). The first kappa shape index (κ1) is 22.0. The number of nitrogens with one attached hydrogen (secondary N) is 1. The van der Waals surface area contributed by atoms with Crippen molar-refractivity contribution in [2.45, 2.75) is 46.2 Å². The lowest BCUT2D eigenvalue weighted by atomic mass is 9.96. The zero-order valence-corrected chi connectivity index (χ0v) is 19.6. The summed E-state index contributed by atoms with van der Waals surface area (Å²) in [6.45, 7) is 9.15. The standard InChI is InChI=1S/C25H28N4O2S/c1-5-12-28-23(22(27-25(28)32)20-8-6-7-11-26-20)19-13-16(3)29(17(19)4)21-14-18(24(30)31)10-9-15(21)2/h6-11,13-14,22-23H,5,12H2,1-4H3,(H,27,32)(H,30,31)/t22-,23-/m1/s1. The van der Waals surface area contributed by atoms with Gasteiger partial charge in [-0.2, -0.15) is 0 Å². The molecule has 0 saturated carbocycles. The number of carboxylic acid groups (broad SMARTS) is 1. The van der Waals surface area contributed by atoms with E-state index in [0.29, 0.717) is 0 Å². The molecule has 0 unspecified atom stereocenters. The van der Waals surface area contributed by atoms with Crippen molar-refractivity contribution in [3.63, 3.8) is 0 Å². The Morgan fingerprint density at radius 1 is 1.19 bits per heavy atom. The van der Waals surface area contributed by atoms with Gasteiger partial charge >= 0.3 is 5.97 Å². The molecule has 0 bridgehead atoms. The fraction of sp³-hybridized carbons (Fsp3) is 0.320. The number of aromatic carboxylic acids is 1. The summed E-state index contributed by atoms with van der Waals surface area (Å²) >= 11 is 5.72. The maximum atomic E-state index is 11.6. The fourth-order valence-electron chi connectivity index (χ4n) is 4.67. The van der Waals surface area contributed by atoms with Crippen LogP contribution in [0.5, 0.6) is 0 Å². The minimum Gasteiger partial charge on any atom is -0.478 e. The van der Waals surface area contributed by atoms with Crippen LogP contribution in [0, 0.1) is 20.8 Å². The Balaban J connectivity index is 1.86. The Morgan fingerprint density at radius 3 is 2.62 bits per heavy atom. The minimum absolute atomic E-state index is 0.000243. The summed E-state index contributed by atoms with van der Waals surface area (Å²) in [7, 11) is 0.